The molecule has 0 spiro atoms. The van der Waals surface area contributed by atoms with Crippen LogP contribution in [0.3, 0.4) is 0 Å². The number of nitrogens with two attached hydrogens (primary N) is 1. The van der Waals surface area contributed by atoms with E-state index in [-0.39, 0.29) is 12.2 Å². The molecule has 0 saturated carbocycles. The lowest BCUT2D eigenvalue weighted by atomic mass is 9.78. The average molecular weight is 306 g/mol. The van der Waals surface area contributed by atoms with Gasteiger partial charge < -0.3 is 5.73 Å². The van der Waals surface area contributed by atoms with Crippen LogP contribution in [0.15, 0.2) is 42.5 Å². The minimum Gasteiger partial charge on any atom is -0.399 e. The van der Waals surface area contributed by atoms with Crippen LogP contribution < -0.4 is 5.73 Å². The van der Waals surface area contributed by atoms with Crippen LogP contribution in [0.5, 0.6) is 0 Å². The lowest BCUT2D eigenvalue weighted by Crippen LogP contribution is -2.30. The summed E-state index contributed by atoms with van der Waals surface area (Å²) in [7, 11) is 0. The van der Waals surface area contributed by atoms with Crippen molar-refractivity contribution in [2.24, 2.45) is 0 Å². The average Bonchev–Trinajstić information content (AvgIpc) is 2.43. The normalized spacial score (nSPS) is 11.4. The maximum absolute atomic E-state index is 13.3. The van der Waals surface area contributed by atoms with Crippen molar-refractivity contribution in [1.82, 2.24) is 0 Å². The summed E-state index contributed by atoms with van der Waals surface area (Å²) in [6, 6.07) is 11.2. The summed E-state index contributed by atoms with van der Waals surface area (Å²) in [6.07, 6.45) is 0.0912. The maximum atomic E-state index is 13.3. The van der Waals surface area contributed by atoms with Gasteiger partial charge >= 0.3 is 0 Å². The van der Waals surface area contributed by atoms with Gasteiger partial charge in [-0.25, -0.2) is 4.39 Å². The van der Waals surface area contributed by atoms with Crippen molar-refractivity contribution in [2.45, 2.75) is 25.7 Å². The summed E-state index contributed by atoms with van der Waals surface area (Å²) in [6.45, 7) is 3.68. The number of anilines is 1. The predicted octanol–water partition coefficient (Wildman–Crippen LogP) is 4.15. The molecule has 2 nitrogen and oxygen atoms in total. The second-order valence-corrected chi connectivity index (χ2v) is 5.99. The van der Waals surface area contributed by atoms with Crippen LogP contribution in [0.25, 0.3) is 0 Å². The highest BCUT2D eigenvalue weighted by molar-refractivity contribution is 6.31. The Bertz CT molecular complexity index is 665. The Labute approximate surface area is 128 Å². The Morgan fingerprint density at radius 1 is 1.19 bits per heavy atom. The van der Waals surface area contributed by atoms with Crippen LogP contribution in [0.4, 0.5) is 10.1 Å². The minimum absolute atomic E-state index is 0.0280. The Balaban J connectivity index is 2.26. The van der Waals surface area contributed by atoms with E-state index in [0.717, 1.165) is 5.56 Å². The van der Waals surface area contributed by atoms with Gasteiger partial charge in [-0.1, -0.05) is 23.7 Å². The van der Waals surface area contributed by atoms with Crippen molar-refractivity contribution >= 4 is 23.1 Å². The Morgan fingerprint density at radius 3 is 2.43 bits per heavy atom. The lowest BCUT2D eigenvalue weighted by Gasteiger charge is -2.24. The van der Waals surface area contributed by atoms with Gasteiger partial charge in [-0.15, -0.1) is 0 Å². The largest absolute Gasteiger partial charge is 0.399 e. The lowest BCUT2D eigenvalue weighted by molar-refractivity contribution is -0.122. The third-order valence-electron chi connectivity index (χ3n) is 3.69. The molecule has 4 heteroatoms. The fraction of sp³-hybridized carbons (Fsp3) is 0.235. The molecule has 0 aliphatic heterocycles. The molecule has 21 heavy (non-hydrogen) atoms. The number of hydrogen-bond acceptors (Lipinski definition) is 2. The van der Waals surface area contributed by atoms with Gasteiger partial charge in [-0.3, -0.25) is 4.79 Å². The van der Waals surface area contributed by atoms with Crippen molar-refractivity contribution in [3.63, 3.8) is 0 Å². The van der Waals surface area contributed by atoms with E-state index < -0.39 is 11.2 Å². The van der Waals surface area contributed by atoms with Crippen LogP contribution in [0, 0.1) is 5.82 Å². The summed E-state index contributed by atoms with van der Waals surface area (Å²) in [5, 5.41) is 0.401. The van der Waals surface area contributed by atoms with Crippen molar-refractivity contribution in [1.29, 1.82) is 0 Å². The molecule has 0 unspecified atom stereocenters. The quantitative estimate of drug-likeness (QED) is 0.862. The summed E-state index contributed by atoms with van der Waals surface area (Å²) < 4.78 is 13.3. The fourth-order valence-corrected chi connectivity index (χ4v) is 2.32. The number of hydrogen-bond donors (Lipinski definition) is 1. The van der Waals surface area contributed by atoms with Gasteiger partial charge in [0.25, 0.3) is 0 Å². The number of Topliss-reactive ketones (excluding diaryl/α,β-unsaturated/α-hetero) is 1. The molecule has 0 fully saturated rings. The van der Waals surface area contributed by atoms with Crippen LogP contribution in [0.1, 0.15) is 25.0 Å². The van der Waals surface area contributed by atoms with Gasteiger partial charge in [0.15, 0.2) is 0 Å². The van der Waals surface area contributed by atoms with E-state index in [1.807, 2.05) is 26.0 Å². The van der Waals surface area contributed by atoms with Gasteiger partial charge in [0.05, 0.1) is 0 Å². The number of nitrogen functional groups attached to an aromatic ring is 1. The van der Waals surface area contributed by atoms with Gasteiger partial charge in [0, 0.05) is 22.5 Å². The van der Waals surface area contributed by atoms with E-state index in [0.29, 0.717) is 16.3 Å². The highest BCUT2D eigenvalue weighted by atomic mass is 35.5. The molecule has 2 aromatic carbocycles. The second kappa shape index (κ2) is 5.86. The molecular formula is C17H17ClFNO. The van der Waals surface area contributed by atoms with E-state index in [4.69, 9.17) is 17.3 Å². The Hall–Kier alpha value is -1.87. The SMILES string of the molecule is CC(C)(C(=O)Cc1cc(F)ccc1Cl)c1ccc(N)cc1. The number of benzene rings is 2. The third kappa shape index (κ3) is 3.42. The number of rotatable bonds is 4. The Morgan fingerprint density at radius 2 is 1.81 bits per heavy atom. The number of carbonyl (C=O) groups excluding carboxylic acids is 1. The standard InChI is InChI=1S/C17H17ClFNO/c1-17(2,12-3-6-14(20)7-4-12)16(21)10-11-9-13(19)5-8-15(11)18/h3-9H,10,20H2,1-2H3. The molecular weight excluding hydrogens is 289 g/mol. The summed E-state index contributed by atoms with van der Waals surface area (Å²) in [5.41, 5.74) is 6.99. The Kier molecular flexibility index (Phi) is 4.33. The smallest absolute Gasteiger partial charge is 0.147 e. The zero-order valence-corrected chi connectivity index (χ0v) is 12.7. The molecule has 0 saturated heterocycles. The van der Waals surface area contributed by atoms with Gasteiger partial charge in [0.2, 0.25) is 0 Å². The topological polar surface area (TPSA) is 43.1 Å². The molecule has 0 radical (unpaired) electrons. The van der Waals surface area contributed by atoms with E-state index in [2.05, 4.69) is 0 Å². The monoisotopic (exact) mass is 305 g/mol. The molecule has 2 rings (SSSR count). The first-order chi connectivity index (χ1) is 9.80. The first-order valence-corrected chi connectivity index (χ1v) is 7.02. The maximum Gasteiger partial charge on any atom is 0.147 e. The molecule has 110 valence electrons. The molecule has 0 aliphatic carbocycles. The zero-order valence-electron chi connectivity index (χ0n) is 12.0. The second-order valence-electron chi connectivity index (χ2n) is 5.58. The third-order valence-corrected chi connectivity index (χ3v) is 4.06. The fourth-order valence-electron chi connectivity index (χ4n) is 2.13. The summed E-state index contributed by atoms with van der Waals surface area (Å²) in [4.78, 5) is 12.6. The van der Waals surface area contributed by atoms with Crippen molar-refractivity contribution < 1.29 is 9.18 Å². The van der Waals surface area contributed by atoms with E-state index in [1.54, 1.807) is 12.1 Å². The summed E-state index contributed by atoms with van der Waals surface area (Å²) in [5.74, 6) is -0.424. The van der Waals surface area contributed by atoms with E-state index in [9.17, 15) is 9.18 Å². The molecule has 0 aromatic heterocycles. The van der Waals surface area contributed by atoms with E-state index >= 15 is 0 Å². The van der Waals surface area contributed by atoms with Crippen molar-refractivity contribution in [3.8, 4) is 0 Å². The van der Waals surface area contributed by atoms with E-state index in [1.165, 1.54) is 18.2 Å². The number of halogens is 2. The molecule has 0 amide bonds. The molecule has 0 heterocycles. The highest BCUT2D eigenvalue weighted by Crippen LogP contribution is 2.28. The summed E-state index contributed by atoms with van der Waals surface area (Å²) >= 11 is 6.02. The van der Waals surface area contributed by atoms with Gasteiger partial charge in [-0.2, -0.15) is 0 Å². The molecule has 0 bridgehead atoms. The first-order valence-electron chi connectivity index (χ1n) is 6.64. The predicted molar refractivity (Wildman–Crippen MR) is 84.0 cm³/mol. The zero-order chi connectivity index (χ0) is 15.6. The molecule has 0 aliphatic rings. The number of ketones is 1. The van der Waals surface area contributed by atoms with Crippen molar-refractivity contribution in [2.75, 3.05) is 5.73 Å². The van der Waals surface area contributed by atoms with Gasteiger partial charge in [-0.05, 0) is 55.3 Å². The first kappa shape index (κ1) is 15.5. The van der Waals surface area contributed by atoms with Crippen LogP contribution in [-0.2, 0) is 16.6 Å². The molecule has 2 N–H and O–H groups in total. The van der Waals surface area contributed by atoms with Crippen molar-refractivity contribution in [3.05, 3.63) is 64.4 Å². The minimum atomic E-state index is -0.691. The van der Waals surface area contributed by atoms with Gasteiger partial charge in [0.1, 0.15) is 11.6 Å². The molecule has 2 aromatic rings. The van der Waals surface area contributed by atoms with Crippen LogP contribution in [-0.4, -0.2) is 5.78 Å². The van der Waals surface area contributed by atoms with Crippen LogP contribution in [0.2, 0.25) is 5.02 Å². The van der Waals surface area contributed by atoms with Crippen LogP contribution >= 0.6 is 11.6 Å². The number of carbonyl (C=O) groups is 1. The molecule has 0 atom stereocenters. The highest BCUT2D eigenvalue weighted by Gasteiger charge is 2.29.